The Hall–Kier alpha value is -2.36. The van der Waals surface area contributed by atoms with Crippen molar-refractivity contribution in [1.82, 2.24) is 10.2 Å². The lowest BCUT2D eigenvalue weighted by molar-refractivity contribution is -0.114. The van der Waals surface area contributed by atoms with E-state index in [-0.39, 0.29) is 23.3 Å². The molecule has 2 aromatic carbocycles. The molecule has 0 spiro atoms. The normalized spacial score (nSPS) is 10.8. The van der Waals surface area contributed by atoms with Crippen molar-refractivity contribution in [2.24, 2.45) is 0 Å². The van der Waals surface area contributed by atoms with Crippen LogP contribution >= 0.6 is 34.9 Å². The molecule has 2 amide bonds. The van der Waals surface area contributed by atoms with E-state index in [1.54, 1.807) is 0 Å². The lowest BCUT2D eigenvalue weighted by Gasteiger charge is -2.12. The zero-order valence-corrected chi connectivity index (χ0v) is 22.1. The topological polar surface area (TPSA) is 84.0 Å². The van der Waals surface area contributed by atoms with Gasteiger partial charge in [-0.3, -0.25) is 9.59 Å². The second-order valence-electron chi connectivity index (χ2n) is 8.06. The highest BCUT2D eigenvalue weighted by molar-refractivity contribution is 8.03. The van der Waals surface area contributed by atoms with Gasteiger partial charge in [0.15, 0.2) is 8.68 Å². The number of nitrogens with zero attached hydrogens (tertiary/aromatic N) is 2. The van der Waals surface area contributed by atoms with Crippen LogP contribution in [0.2, 0.25) is 0 Å². The van der Waals surface area contributed by atoms with E-state index in [1.807, 2.05) is 41.5 Å². The molecule has 0 saturated heterocycles. The van der Waals surface area contributed by atoms with Crippen LogP contribution in [0.1, 0.15) is 33.4 Å². The van der Waals surface area contributed by atoms with E-state index < -0.39 is 0 Å². The minimum atomic E-state index is -0.0809. The first kappa shape index (κ1) is 25.3. The van der Waals surface area contributed by atoms with Gasteiger partial charge in [0.25, 0.3) is 0 Å². The van der Waals surface area contributed by atoms with Gasteiger partial charge in [-0.1, -0.05) is 70.3 Å². The van der Waals surface area contributed by atoms with E-state index in [9.17, 15) is 9.59 Å². The van der Waals surface area contributed by atoms with Crippen LogP contribution in [0.4, 0.5) is 11.4 Å². The Morgan fingerprint density at radius 3 is 1.36 bits per heavy atom. The van der Waals surface area contributed by atoms with Crippen LogP contribution in [0.25, 0.3) is 0 Å². The molecule has 174 valence electrons. The molecule has 1 heterocycles. The van der Waals surface area contributed by atoms with Crippen molar-refractivity contribution in [3.8, 4) is 0 Å². The van der Waals surface area contributed by atoms with Gasteiger partial charge in [0.1, 0.15) is 0 Å². The molecule has 0 saturated carbocycles. The summed E-state index contributed by atoms with van der Waals surface area (Å²) in [7, 11) is 0. The van der Waals surface area contributed by atoms with E-state index in [1.165, 1.54) is 46.0 Å². The molecule has 0 aliphatic carbocycles. The summed E-state index contributed by atoms with van der Waals surface area (Å²) in [6.07, 6.45) is 0. The van der Waals surface area contributed by atoms with Gasteiger partial charge in [0.2, 0.25) is 11.8 Å². The SMILES string of the molecule is Cc1cc(C)c(NC(=O)CSc2nnc(SCC(=O)Nc3c(C)cc(C)cc3C)s2)c(C)c1. The summed E-state index contributed by atoms with van der Waals surface area (Å²) in [4.78, 5) is 24.8. The van der Waals surface area contributed by atoms with E-state index >= 15 is 0 Å². The molecule has 3 aromatic rings. The molecule has 0 radical (unpaired) electrons. The summed E-state index contributed by atoms with van der Waals surface area (Å²) in [5, 5.41) is 14.3. The first-order valence-corrected chi connectivity index (χ1v) is 13.3. The number of nitrogens with one attached hydrogen (secondary N) is 2. The number of benzene rings is 2. The number of aryl methyl sites for hydroxylation is 6. The molecule has 0 unspecified atom stereocenters. The molecule has 0 fully saturated rings. The summed E-state index contributed by atoms with van der Waals surface area (Å²) >= 11 is 4.08. The van der Waals surface area contributed by atoms with Gasteiger partial charge in [-0.25, -0.2) is 0 Å². The zero-order valence-electron chi connectivity index (χ0n) is 19.7. The molecule has 1 aromatic heterocycles. The van der Waals surface area contributed by atoms with Crippen LogP contribution in [-0.2, 0) is 9.59 Å². The molecule has 33 heavy (non-hydrogen) atoms. The highest BCUT2D eigenvalue weighted by Gasteiger charge is 2.13. The van der Waals surface area contributed by atoms with Gasteiger partial charge < -0.3 is 10.6 Å². The molecule has 2 N–H and O–H groups in total. The Morgan fingerprint density at radius 2 is 1.03 bits per heavy atom. The standard InChI is InChI=1S/C24H28N4O2S3/c1-13-7-15(3)21(16(4)8-13)25-19(29)11-31-23-27-28-24(33-23)32-12-20(30)26-22-17(5)9-14(2)10-18(22)6/h7-10H,11-12H2,1-6H3,(H,25,29)(H,26,30). The Balaban J connectivity index is 1.48. The monoisotopic (exact) mass is 500 g/mol. The van der Waals surface area contributed by atoms with Gasteiger partial charge in [0.05, 0.1) is 11.5 Å². The summed E-state index contributed by atoms with van der Waals surface area (Å²) in [5.74, 6) is 0.335. The largest absolute Gasteiger partial charge is 0.325 e. The number of hydrogen-bond acceptors (Lipinski definition) is 7. The summed E-state index contributed by atoms with van der Waals surface area (Å²) < 4.78 is 1.41. The van der Waals surface area contributed by atoms with E-state index in [2.05, 4.69) is 45.1 Å². The lowest BCUT2D eigenvalue weighted by atomic mass is 10.1. The van der Waals surface area contributed by atoms with Gasteiger partial charge in [-0.2, -0.15) is 0 Å². The zero-order chi connectivity index (χ0) is 24.1. The average molecular weight is 501 g/mol. The predicted octanol–water partition coefficient (Wildman–Crippen LogP) is 5.85. The Morgan fingerprint density at radius 1 is 0.697 bits per heavy atom. The fraction of sp³-hybridized carbons (Fsp3) is 0.333. The Labute approximate surface area is 207 Å². The van der Waals surface area contributed by atoms with Crippen LogP contribution in [0.15, 0.2) is 32.9 Å². The van der Waals surface area contributed by atoms with Gasteiger partial charge in [-0.05, 0) is 63.8 Å². The predicted molar refractivity (Wildman–Crippen MR) is 140 cm³/mol. The maximum Gasteiger partial charge on any atom is 0.234 e. The second-order valence-corrected chi connectivity index (χ2v) is 11.5. The number of amides is 2. The molecule has 0 atom stereocenters. The minimum absolute atomic E-state index is 0.0809. The molecule has 0 bridgehead atoms. The van der Waals surface area contributed by atoms with Crippen LogP contribution in [0, 0.1) is 41.5 Å². The lowest BCUT2D eigenvalue weighted by Crippen LogP contribution is -2.15. The third-order valence-electron chi connectivity index (χ3n) is 4.92. The van der Waals surface area contributed by atoms with Crippen molar-refractivity contribution < 1.29 is 9.59 Å². The molecular weight excluding hydrogens is 472 g/mol. The van der Waals surface area contributed by atoms with E-state index in [0.717, 1.165) is 33.6 Å². The van der Waals surface area contributed by atoms with Crippen LogP contribution in [0.3, 0.4) is 0 Å². The number of thioether (sulfide) groups is 2. The molecule has 0 aliphatic heterocycles. The van der Waals surface area contributed by atoms with Gasteiger partial charge in [0, 0.05) is 11.4 Å². The Bertz CT molecular complexity index is 1050. The first-order chi connectivity index (χ1) is 15.6. The Kier molecular flexibility index (Phi) is 8.56. The number of hydrogen-bond donors (Lipinski definition) is 2. The van der Waals surface area contributed by atoms with Crippen molar-refractivity contribution in [2.75, 3.05) is 22.1 Å². The summed E-state index contributed by atoms with van der Waals surface area (Å²) in [6.45, 7) is 12.1. The number of carbonyl (C=O) groups is 2. The highest BCUT2D eigenvalue weighted by Crippen LogP contribution is 2.30. The first-order valence-electron chi connectivity index (χ1n) is 10.5. The smallest absolute Gasteiger partial charge is 0.234 e. The summed E-state index contributed by atoms with van der Waals surface area (Å²) in [6, 6.07) is 8.23. The van der Waals surface area contributed by atoms with Crippen molar-refractivity contribution in [3.63, 3.8) is 0 Å². The van der Waals surface area contributed by atoms with Crippen LogP contribution in [0.5, 0.6) is 0 Å². The van der Waals surface area contributed by atoms with Crippen LogP contribution < -0.4 is 10.6 Å². The third kappa shape index (κ3) is 7.06. The number of aromatic nitrogens is 2. The molecule has 9 heteroatoms. The quantitative estimate of drug-likeness (QED) is 0.378. The minimum Gasteiger partial charge on any atom is -0.325 e. The number of carbonyl (C=O) groups excluding carboxylic acids is 2. The van der Waals surface area contributed by atoms with Crippen molar-refractivity contribution in [3.05, 3.63) is 57.6 Å². The summed E-state index contributed by atoms with van der Waals surface area (Å²) in [5.41, 5.74) is 8.28. The molecular formula is C24H28N4O2S3. The van der Waals surface area contributed by atoms with Gasteiger partial charge in [-0.15, -0.1) is 10.2 Å². The average Bonchev–Trinajstić information content (AvgIpc) is 3.18. The van der Waals surface area contributed by atoms with Gasteiger partial charge >= 0.3 is 0 Å². The fourth-order valence-electron chi connectivity index (χ4n) is 3.67. The van der Waals surface area contributed by atoms with Crippen molar-refractivity contribution in [1.29, 1.82) is 0 Å². The highest BCUT2D eigenvalue weighted by atomic mass is 32.2. The molecule has 3 rings (SSSR count). The maximum absolute atomic E-state index is 12.4. The number of anilines is 2. The van der Waals surface area contributed by atoms with Crippen LogP contribution in [-0.4, -0.2) is 33.5 Å². The maximum atomic E-state index is 12.4. The molecule has 0 aliphatic rings. The van der Waals surface area contributed by atoms with E-state index in [0.29, 0.717) is 8.68 Å². The van der Waals surface area contributed by atoms with E-state index in [4.69, 9.17) is 0 Å². The number of rotatable bonds is 8. The fourth-order valence-corrected chi connectivity index (χ4v) is 6.29. The second kappa shape index (κ2) is 11.2. The third-order valence-corrected chi connectivity index (χ3v) is 8.11. The van der Waals surface area contributed by atoms with Crippen molar-refractivity contribution >= 4 is 58.0 Å². The molecule has 6 nitrogen and oxygen atoms in total. The van der Waals surface area contributed by atoms with Crippen molar-refractivity contribution in [2.45, 2.75) is 50.2 Å².